The number of nitrogens with zero attached hydrogens (tertiary/aromatic N) is 2. The van der Waals surface area contributed by atoms with E-state index in [-0.39, 0.29) is 0 Å². The maximum absolute atomic E-state index is 12.4. The van der Waals surface area contributed by atoms with Crippen molar-refractivity contribution >= 4 is 5.91 Å². The summed E-state index contributed by atoms with van der Waals surface area (Å²) < 4.78 is 5.82. The quantitative estimate of drug-likeness (QED) is 0.837. The minimum absolute atomic E-state index is 0.311. The van der Waals surface area contributed by atoms with Gasteiger partial charge in [0.2, 0.25) is 5.91 Å². The van der Waals surface area contributed by atoms with Gasteiger partial charge in [-0.15, -0.1) is 0 Å². The van der Waals surface area contributed by atoms with Crippen molar-refractivity contribution in [1.29, 1.82) is 0 Å². The molecule has 1 heterocycles. The molecule has 1 aliphatic carbocycles. The van der Waals surface area contributed by atoms with Gasteiger partial charge in [0.05, 0.1) is 0 Å². The van der Waals surface area contributed by atoms with Gasteiger partial charge in [-0.2, -0.15) is 0 Å². The van der Waals surface area contributed by atoms with Crippen LogP contribution < -0.4 is 4.74 Å². The summed E-state index contributed by atoms with van der Waals surface area (Å²) in [7, 11) is 0. The Bertz CT molecular complexity index is 518. The minimum atomic E-state index is 0.311. The monoisotopic (exact) mass is 316 g/mol. The van der Waals surface area contributed by atoms with Gasteiger partial charge in [-0.3, -0.25) is 9.69 Å². The van der Waals surface area contributed by atoms with Gasteiger partial charge in [-0.1, -0.05) is 25.0 Å². The molecule has 2 fully saturated rings. The summed E-state index contributed by atoms with van der Waals surface area (Å²) in [5.74, 6) is 1.66. The van der Waals surface area contributed by atoms with Crippen LogP contribution in [0.5, 0.6) is 5.75 Å². The number of carbonyl (C=O) groups excluding carboxylic acids is 1. The number of benzene rings is 1. The zero-order valence-corrected chi connectivity index (χ0v) is 14.2. The standard InChI is InChI=1S/C19H28N2O2/c1-16-5-4-8-18(15-16)23-14-13-20-9-11-21(12-10-20)19(22)17-6-2-3-7-17/h4-5,8,15,17H,2-3,6-7,9-14H2,1H3. The Labute approximate surface area is 139 Å². The Kier molecular flexibility index (Phi) is 5.55. The van der Waals surface area contributed by atoms with Crippen molar-refractivity contribution < 1.29 is 9.53 Å². The third-order valence-electron chi connectivity index (χ3n) is 5.05. The second-order valence-corrected chi connectivity index (χ2v) is 6.81. The maximum Gasteiger partial charge on any atom is 0.225 e. The lowest BCUT2D eigenvalue weighted by Gasteiger charge is -2.35. The van der Waals surface area contributed by atoms with Gasteiger partial charge in [0.1, 0.15) is 12.4 Å². The van der Waals surface area contributed by atoms with Crippen LogP contribution in [0.2, 0.25) is 0 Å². The molecule has 0 aromatic heterocycles. The number of carbonyl (C=O) groups is 1. The molecule has 4 nitrogen and oxygen atoms in total. The fourth-order valence-corrected chi connectivity index (χ4v) is 3.62. The fraction of sp³-hybridized carbons (Fsp3) is 0.632. The van der Waals surface area contributed by atoms with Crippen molar-refractivity contribution in [3.8, 4) is 5.75 Å². The van der Waals surface area contributed by atoms with E-state index in [1.54, 1.807) is 0 Å². The molecule has 0 bridgehead atoms. The van der Waals surface area contributed by atoms with Gasteiger partial charge in [-0.05, 0) is 37.5 Å². The van der Waals surface area contributed by atoms with E-state index in [9.17, 15) is 4.79 Å². The highest BCUT2D eigenvalue weighted by atomic mass is 16.5. The second kappa shape index (κ2) is 7.82. The Morgan fingerprint density at radius 2 is 1.91 bits per heavy atom. The van der Waals surface area contributed by atoms with E-state index in [2.05, 4.69) is 28.9 Å². The lowest BCUT2D eigenvalue weighted by Crippen LogP contribution is -2.50. The predicted octanol–water partition coefficient (Wildman–Crippen LogP) is 2.71. The van der Waals surface area contributed by atoms with E-state index < -0.39 is 0 Å². The van der Waals surface area contributed by atoms with E-state index in [0.29, 0.717) is 18.4 Å². The highest BCUT2D eigenvalue weighted by Gasteiger charge is 2.29. The molecule has 1 saturated heterocycles. The van der Waals surface area contributed by atoms with E-state index in [1.165, 1.54) is 18.4 Å². The average Bonchev–Trinajstić information content (AvgIpc) is 3.09. The van der Waals surface area contributed by atoms with Crippen LogP contribution in [-0.2, 0) is 4.79 Å². The summed E-state index contributed by atoms with van der Waals surface area (Å²) in [5.41, 5.74) is 1.22. The highest BCUT2D eigenvalue weighted by Crippen LogP contribution is 2.26. The normalized spacial score (nSPS) is 20.0. The summed E-state index contributed by atoms with van der Waals surface area (Å²) in [6, 6.07) is 8.18. The van der Waals surface area contributed by atoms with Crippen molar-refractivity contribution in [3.63, 3.8) is 0 Å². The number of piperazine rings is 1. The van der Waals surface area contributed by atoms with Gasteiger partial charge < -0.3 is 9.64 Å². The molecule has 2 aliphatic rings. The number of aryl methyl sites for hydroxylation is 1. The fourth-order valence-electron chi connectivity index (χ4n) is 3.62. The Morgan fingerprint density at radius 1 is 1.17 bits per heavy atom. The smallest absolute Gasteiger partial charge is 0.225 e. The topological polar surface area (TPSA) is 32.8 Å². The molecule has 1 amide bonds. The first-order chi connectivity index (χ1) is 11.2. The Hall–Kier alpha value is -1.55. The van der Waals surface area contributed by atoms with E-state index in [4.69, 9.17) is 4.74 Å². The number of rotatable bonds is 5. The van der Waals surface area contributed by atoms with Gasteiger partial charge >= 0.3 is 0 Å². The van der Waals surface area contributed by atoms with Gasteiger partial charge in [0.15, 0.2) is 0 Å². The van der Waals surface area contributed by atoms with E-state index >= 15 is 0 Å². The van der Waals surface area contributed by atoms with Gasteiger partial charge in [0, 0.05) is 38.6 Å². The molecule has 4 heteroatoms. The molecule has 23 heavy (non-hydrogen) atoms. The van der Waals surface area contributed by atoms with Crippen LogP contribution in [0.25, 0.3) is 0 Å². The third kappa shape index (κ3) is 4.47. The van der Waals surface area contributed by atoms with E-state index in [1.807, 2.05) is 12.1 Å². The van der Waals surface area contributed by atoms with Crippen LogP contribution in [-0.4, -0.2) is 55.0 Å². The Morgan fingerprint density at radius 3 is 2.61 bits per heavy atom. The number of hydrogen-bond donors (Lipinski definition) is 0. The van der Waals surface area contributed by atoms with Gasteiger partial charge in [-0.25, -0.2) is 0 Å². The van der Waals surface area contributed by atoms with Gasteiger partial charge in [0.25, 0.3) is 0 Å². The first-order valence-corrected chi connectivity index (χ1v) is 8.93. The molecule has 0 spiro atoms. The van der Waals surface area contributed by atoms with Crippen LogP contribution in [0.3, 0.4) is 0 Å². The van der Waals surface area contributed by atoms with Crippen molar-refractivity contribution in [2.24, 2.45) is 5.92 Å². The Balaban J connectivity index is 1.36. The molecule has 1 aliphatic heterocycles. The second-order valence-electron chi connectivity index (χ2n) is 6.81. The zero-order valence-electron chi connectivity index (χ0n) is 14.2. The maximum atomic E-state index is 12.4. The SMILES string of the molecule is Cc1cccc(OCCN2CCN(C(=O)C3CCCC3)CC2)c1. The molecule has 3 rings (SSSR count). The molecular formula is C19H28N2O2. The van der Waals surface area contributed by atoms with Crippen molar-refractivity contribution in [2.75, 3.05) is 39.3 Å². The average molecular weight is 316 g/mol. The summed E-state index contributed by atoms with van der Waals surface area (Å²) in [5, 5.41) is 0. The first kappa shape index (κ1) is 16.3. The molecule has 1 aromatic rings. The number of amides is 1. The van der Waals surface area contributed by atoms with E-state index in [0.717, 1.165) is 51.3 Å². The van der Waals surface area contributed by atoms with Crippen LogP contribution in [0.4, 0.5) is 0 Å². The lowest BCUT2D eigenvalue weighted by atomic mass is 10.1. The summed E-state index contributed by atoms with van der Waals surface area (Å²) >= 11 is 0. The van der Waals surface area contributed by atoms with Crippen LogP contribution >= 0.6 is 0 Å². The number of hydrogen-bond acceptors (Lipinski definition) is 3. The number of ether oxygens (including phenoxy) is 1. The minimum Gasteiger partial charge on any atom is -0.492 e. The molecule has 0 radical (unpaired) electrons. The molecule has 0 N–H and O–H groups in total. The van der Waals surface area contributed by atoms with Crippen molar-refractivity contribution in [3.05, 3.63) is 29.8 Å². The summed E-state index contributed by atoms with van der Waals surface area (Å²) in [6.45, 7) is 7.40. The molecule has 126 valence electrons. The van der Waals surface area contributed by atoms with Crippen LogP contribution in [0, 0.1) is 12.8 Å². The molecule has 1 aromatic carbocycles. The highest BCUT2D eigenvalue weighted by molar-refractivity contribution is 5.79. The summed E-state index contributed by atoms with van der Waals surface area (Å²) in [6.07, 6.45) is 4.66. The first-order valence-electron chi connectivity index (χ1n) is 8.93. The lowest BCUT2D eigenvalue weighted by molar-refractivity contribution is -0.137. The molecule has 1 saturated carbocycles. The third-order valence-corrected chi connectivity index (χ3v) is 5.05. The molecule has 0 atom stereocenters. The van der Waals surface area contributed by atoms with Crippen molar-refractivity contribution in [2.45, 2.75) is 32.6 Å². The predicted molar refractivity (Wildman–Crippen MR) is 91.7 cm³/mol. The van der Waals surface area contributed by atoms with Crippen LogP contribution in [0.15, 0.2) is 24.3 Å². The van der Waals surface area contributed by atoms with Crippen LogP contribution in [0.1, 0.15) is 31.2 Å². The molecular weight excluding hydrogens is 288 g/mol. The molecule has 0 unspecified atom stereocenters. The largest absolute Gasteiger partial charge is 0.492 e. The summed E-state index contributed by atoms with van der Waals surface area (Å²) in [4.78, 5) is 16.9. The van der Waals surface area contributed by atoms with Crippen molar-refractivity contribution in [1.82, 2.24) is 9.80 Å². The zero-order chi connectivity index (χ0) is 16.1.